The lowest BCUT2D eigenvalue weighted by Gasteiger charge is -2.17. The first-order valence-electron chi connectivity index (χ1n) is 4.16. The van der Waals surface area contributed by atoms with Gasteiger partial charge in [0.15, 0.2) is 11.2 Å². The zero-order valence-electron chi connectivity index (χ0n) is 8.66. The first kappa shape index (κ1) is 3.80. The molecular weight excluding hydrogens is 134 g/mol. The Balaban J connectivity index is 3.16. The van der Waals surface area contributed by atoms with E-state index in [2.05, 4.69) is 0 Å². The van der Waals surface area contributed by atoms with E-state index in [9.17, 15) is 10.1 Å². The van der Waals surface area contributed by atoms with Gasteiger partial charge < -0.3 is 4.90 Å². The minimum absolute atomic E-state index is 0.325. The number of hydrogen-bond donors (Lipinski definition) is 0. The summed E-state index contributed by atoms with van der Waals surface area (Å²) < 4.78 is 22.1. The van der Waals surface area contributed by atoms with Crippen LogP contribution in [-0.2, 0) is 0 Å². The van der Waals surface area contributed by atoms with Crippen LogP contribution < -0.4 is 0 Å². The van der Waals surface area contributed by atoms with Crippen molar-refractivity contribution in [2.24, 2.45) is 0 Å². The molecule has 0 radical (unpaired) electrons. The summed E-state index contributed by atoms with van der Waals surface area (Å²) in [6, 6.07) is 0. The summed E-state index contributed by atoms with van der Waals surface area (Å²) in [6.07, 6.45) is -2.59. The van der Waals surface area contributed by atoms with Crippen LogP contribution >= 0.6 is 0 Å². The van der Waals surface area contributed by atoms with Crippen molar-refractivity contribution in [3.8, 4) is 0 Å². The van der Waals surface area contributed by atoms with E-state index in [0.29, 0.717) is 5.01 Å². The number of rotatable bonds is 1. The van der Waals surface area contributed by atoms with Gasteiger partial charge in [0.05, 0.1) is 10.3 Å². The Kier molecular flexibility index (Phi) is 0.823. The van der Waals surface area contributed by atoms with Crippen molar-refractivity contribution in [1.82, 2.24) is 9.91 Å². The number of nitrogens with zero attached hydrogens (tertiary/aromatic N) is 3. The Morgan fingerprint density at radius 3 is 2.70 bits per heavy atom. The summed E-state index contributed by atoms with van der Waals surface area (Å²) in [6.45, 7) is 1.26. The molecule has 0 saturated heterocycles. The van der Waals surface area contributed by atoms with Crippen molar-refractivity contribution in [2.45, 2.75) is 13.1 Å². The van der Waals surface area contributed by atoms with E-state index in [-0.39, 0.29) is 6.18 Å². The predicted molar refractivity (Wildman–Crippen MR) is 35.2 cm³/mol. The molecule has 0 amide bonds. The summed E-state index contributed by atoms with van der Waals surface area (Å²) in [7, 11) is 1.37. The highest BCUT2D eigenvalue weighted by atomic mass is 16.7. The Morgan fingerprint density at radius 1 is 1.90 bits per heavy atom. The van der Waals surface area contributed by atoms with E-state index in [0.717, 1.165) is 4.90 Å². The van der Waals surface area contributed by atoms with Crippen LogP contribution in [0.25, 0.3) is 0 Å². The van der Waals surface area contributed by atoms with Gasteiger partial charge in [-0.2, -0.15) is 0 Å². The van der Waals surface area contributed by atoms with E-state index in [1.54, 1.807) is 0 Å². The molecular formula is C5H9N3O2. The van der Waals surface area contributed by atoms with Gasteiger partial charge in [0.1, 0.15) is 0 Å². The molecule has 0 N–H and O–H groups in total. The monoisotopic (exact) mass is 146 g/mol. The number of nitro groups is 1. The molecule has 0 spiro atoms. The van der Waals surface area contributed by atoms with E-state index in [1.165, 1.54) is 14.0 Å². The molecule has 0 aromatic rings. The van der Waals surface area contributed by atoms with Crippen LogP contribution in [0.15, 0.2) is 12.4 Å². The third kappa shape index (κ3) is 0.896. The largest absolute Gasteiger partial charge is 0.354 e. The van der Waals surface area contributed by atoms with Crippen LogP contribution in [0, 0.1) is 10.1 Å². The summed E-state index contributed by atoms with van der Waals surface area (Å²) in [5.41, 5.74) is 0. The molecule has 10 heavy (non-hydrogen) atoms. The third-order valence-corrected chi connectivity index (χ3v) is 1.28. The van der Waals surface area contributed by atoms with Gasteiger partial charge in [-0.1, -0.05) is 5.01 Å². The van der Waals surface area contributed by atoms with Crippen LogP contribution in [0.3, 0.4) is 0 Å². The number of hydrogen-bond acceptors (Lipinski definition) is 3. The molecule has 0 aliphatic carbocycles. The maximum absolute atomic E-state index is 10.5. The van der Waals surface area contributed by atoms with Crippen LogP contribution in [0.4, 0.5) is 0 Å². The molecule has 1 heterocycles. The second-order valence-corrected chi connectivity index (χ2v) is 1.88. The molecule has 56 valence electrons. The first-order chi connectivity index (χ1) is 5.80. The lowest BCUT2D eigenvalue weighted by Crippen LogP contribution is -2.37. The van der Waals surface area contributed by atoms with Crippen molar-refractivity contribution in [3.05, 3.63) is 22.5 Å². The predicted octanol–water partition coefficient (Wildman–Crippen LogP) is 0.243. The van der Waals surface area contributed by atoms with E-state index in [4.69, 9.17) is 4.11 Å². The van der Waals surface area contributed by atoms with Crippen molar-refractivity contribution in [1.29, 1.82) is 0 Å². The van der Waals surface area contributed by atoms with Crippen LogP contribution in [-0.4, -0.2) is 28.1 Å². The lowest BCUT2D eigenvalue weighted by atomic mass is 10.5. The highest BCUT2D eigenvalue weighted by molar-refractivity contribution is 4.89. The average molecular weight is 146 g/mol. The fourth-order valence-electron chi connectivity index (χ4n) is 0.585. The molecule has 0 saturated carbocycles. The maximum atomic E-state index is 10.5. The smallest absolute Gasteiger partial charge is 0.166 e. The van der Waals surface area contributed by atoms with Crippen LogP contribution in [0.5, 0.6) is 0 Å². The van der Waals surface area contributed by atoms with Crippen molar-refractivity contribution < 1.29 is 9.14 Å². The Hall–Kier alpha value is -1.26. The Labute approximate surface area is 62.9 Å². The molecule has 0 bridgehead atoms. The van der Waals surface area contributed by atoms with Gasteiger partial charge in [-0.15, -0.1) is 0 Å². The van der Waals surface area contributed by atoms with Gasteiger partial charge in [0.2, 0.25) is 0 Å². The molecule has 1 aliphatic heterocycles. The minimum Gasteiger partial charge on any atom is -0.354 e. The fourth-order valence-corrected chi connectivity index (χ4v) is 0.585. The van der Waals surface area contributed by atoms with Crippen molar-refractivity contribution in [2.75, 3.05) is 7.05 Å². The molecule has 1 unspecified atom stereocenters. The summed E-state index contributed by atoms with van der Waals surface area (Å²) >= 11 is 0. The van der Waals surface area contributed by atoms with Gasteiger partial charge in [0, 0.05) is 13.2 Å². The molecule has 5 heteroatoms. The van der Waals surface area contributed by atoms with E-state index >= 15 is 0 Å². The van der Waals surface area contributed by atoms with Crippen LogP contribution in [0.2, 0.25) is 0 Å². The summed E-state index contributed by atoms with van der Waals surface area (Å²) in [4.78, 5) is 11.5. The third-order valence-electron chi connectivity index (χ3n) is 1.28. The average Bonchev–Trinajstić information content (AvgIpc) is 2.12. The summed E-state index contributed by atoms with van der Waals surface area (Å²) in [5, 5.41) is 9.95. The lowest BCUT2D eigenvalue weighted by molar-refractivity contribution is -0.649. The van der Waals surface area contributed by atoms with Gasteiger partial charge in [-0.3, -0.25) is 0 Å². The Morgan fingerprint density at radius 2 is 2.50 bits per heavy atom. The molecule has 0 fully saturated rings. The summed E-state index contributed by atoms with van der Waals surface area (Å²) in [5.74, 6) is 0. The van der Waals surface area contributed by atoms with Gasteiger partial charge in [-0.25, -0.2) is 10.1 Å². The fraction of sp³-hybridized carbons (Fsp3) is 0.600. The van der Waals surface area contributed by atoms with Crippen LogP contribution in [0.1, 0.15) is 11.0 Å². The normalized spacial score (nSPS) is 37.6. The van der Waals surface area contributed by atoms with Crippen molar-refractivity contribution in [3.63, 3.8) is 0 Å². The second kappa shape index (κ2) is 2.17. The van der Waals surface area contributed by atoms with Gasteiger partial charge >= 0.3 is 0 Å². The molecule has 1 aliphatic rings. The zero-order valence-corrected chi connectivity index (χ0v) is 5.66. The minimum atomic E-state index is -1.70. The molecule has 1 atom stereocenters. The number of hydrazine groups is 1. The molecule has 1 rings (SSSR count). The van der Waals surface area contributed by atoms with E-state index in [1.807, 2.05) is 0 Å². The zero-order chi connectivity index (χ0) is 10.4. The maximum Gasteiger partial charge on any atom is 0.166 e. The molecule has 0 aromatic heterocycles. The molecule has 5 nitrogen and oxygen atoms in total. The molecule has 0 aromatic carbocycles. The topological polar surface area (TPSA) is 49.6 Å². The standard InChI is InChI=1S/C5H9N3O2/c1-5-6(2)3-4-7(5)8(9)10/h3-5H,1-2H3/i3D,4D,5D. The highest BCUT2D eigenvalue weighted by Gasteiger charge is 2.26. The second-order valence-electron chi connectivity index (χ2n) is 1.88. The van der Waals surface area contributed by atoms with Gasteiger partial charge in [0.25, 0.3) is 0 Å². The van der Waals surface area contributed by atoms with Gasteiger partial charge in [-0.05, 0) is 6.92 Å². The Bertz CT molecular complexity index is 291. The van der Waals surface area contributed by atoms with E-state index < -0.39 is 17.4 Å². The quantitative estimate of drug-likeness (QED) is 0.393. The van der Waals surface area contributed by atoms with Crippen molar-refractivity contribution >= 4 is 0 Å². The SMILES string of the molecule is [2H]C1=C([2H])N([N+](=O)[O-])C([2H])(C)N1C. The highest BCUT2D eigenvalue weighted by Crippen LogP contribution is 2.11. The first-order valence-corrected chi connectivity index (χ1v) is 2.66.